The summed E-state index contributed by atoms with van der Waals surface area (Å²) in [5.41, 5.74) is 2.37. The van der Waals surface area contributed by atoms with E-state index < -0.39 is 5.82 Å². The number of hydrogen-bond acceptors (Lipinski definition) is 4. The minimum Gasteiger partial charge on any atom is -0.494 e. The fourth-order valence-corrected chi connectivity index (χ4v) is 4.09. The molecule has 3 aromatic rings. The molecule has 0 radical (unpaired) electrons. The van der Waals surface area contributed by atoms with Crippen LogP contribution in [0.3, 0.4) is 0 Å². The second-order valence-corrected chi connectivity index (χ2v) is 7.71. The molecule has 0 amide bonds. The van der Waals surface area contributed by atoms with Crippen molar-refractivity contribution in [2.24, 2.45) is 5.92 Å². The predicted octanol–water partition coefficient (Wildman–Crippen LogP) is 4.93. The fraction of sp³-hybridized carbons (Fsp3) is 0.381. The van der Waals surface area contributed by atoms with E-state index in [1.54, 1.807) is 23.8 Å². The van der Waals surface area contributed by atoms with Crippen LogP contribution in [0, 0.1) is 18.7 Å². The molecule has 7 heteroatoms. The van der Waals surface area contributed by atoms with Crippen molar-refractivity contribution in [3.05, 3.63) is 51.3 Å². The molecule has 1 aliphatic carbocycles. The molecule has 0 unspecified atom stereocenters. The summed E-state index contributed by atoms with van der Waals surface area (Å²) in [6.45, 7) is 3.77. The largest absolute Gasteiger partial charge is 0.494 e. The Bertz CT molecular complexity index is 1120. The van der Waals surface area contributed by atoms with Gasteiger partial charge < -0.3 is 9.30 Å². The Labute approximate surface area is 167 Å². The Morgan fingerprint density at radius 1 is 1.36 bits per heavy atom. The van der Waals surface area contributed by atoms with Crippen LogP contribution in [0.4, 0.5) is 4.39 Å². The SMILES string of the molecule is COc1cc(Cl)c(-c2nccc3c2nc(C)c(=O)n3[C@H](C)C2CCC2)cc1F. The van der Waals surface area contributed by atoms with Crippen LogP contribution in [0.1, 0.15) is 37.9 Å². The average molecular weight is 402 g/mol. The predicted molar refractivity (Wildman–Crippen MR) is 108 cm³/mol. The third-order valence-corrected chi connectivity index (χ3v) is 6.02. The van der Waals surface area contributed by atoms with E-state index in [0.717, 1.165) is 12.8 Å². The number of aryl methyl sites for hydroxylation is 1. The van der Waals surface area contributed by atoms with Crippen LogP contribution in [-0.2, 0) is 0 Å². The maximum atomic E-state index is 14.3. The smallest absolute Gasteiger partial charge is 0.272 e. The van der Waals surface area contributed by atoms with Crippen molar-refractivity contribution in [1.82, 2.24) is 14.5 Å². The topological polar surface area (TPSA) is 57.0 Å². The lowest BCUT2D eigenvalue weighted by atomic mass is 9.80. The van der Waals surface area contributed by atoms with Gasteiger partial charge in [-0.25, -0.2) is 9.37 Å². The van der Waals surface area contributed by atoms with Gasteiger partial charge in [-0.3, -0.25) is 9.78 Å². The molecule has 0 aliphatic heterocycles. The Morgan fingerprint density at radius 3 is 2.75 bits per heavy atom. The monoisotopic (exact) mass is 401 g/mol. The van der Waals surface area contributed by atoms with E-state index in [1.165, 1.54) is 25.7 Å². The molecular weight excluding hydrogens is 381 g/mol. The van der Waals surface area contributed by atoms with E-state index in [1.807, 2.05) is 0 Å². The normalized spacial score (nSPS) is 15.5. The van der Waals surface area contributed by atoms with Gasteiger partial charge in [-0.05, 0) is 44.7 Å². The summed E-state index contributed by atoms with van der Waals surface area (Å²) >= 11 is 6.39. The highest BCUT2D eigenvalue weighted by Gasteiger charge is 2.28. The molecule has 0 N–H and O–H groups in total. The molecule has 0 spiro atoms. The summed E-state index contributed by atoms with van der Waals surface area (Å²) in [4.78, 5) is 21.8. The quantitative estimate of drug-likeness (QED) is 0.622. The highest BCUT2D eigenvalue weighted by Crippen LogP contribution is 2.38. The highest BCUT2D eigenvalue weighted by molar-refractivity contribution is 6.33. The minimum atomic E-state index is -0.534. The van der Waals surface area contributed by atoms with Crippen molar-refractivity contribution in [3.63, 3.8) is 0 Å². The molecule has 0 saturated heterocycles. The van der Waals surface area contributed by atoms with Crippen LogP contribution in [0.5, 0.6) is 5.75 Å². The van der Waals surface area contributed by atoms with Crippen molar-refractivity contribution in [1.29, 1.82) is 0 Å². The number of fused-ring (bicyclic) bond motifs is 1. The first kappa shape index (κ1) is 18.9. The zero-order valence-corrected chi connectivity index (χ0v) is 16.8. The van der Waals surface area contributed by atoms with Crippen LogP contribution >= 0.6 is 11.6 Å². The van der Waals surface area contributed by atoms with Crippen molar-refractivity contribution < 1.29 is 9.13 Å². The Balaban J connectivity index is 1.99. The summed E-state index contributed by atoms with van der Waals surface area (Å²) in [7, 11) is 1.38. The third kappa shape index (κ3) is 2.96. The van der Waals surface area contributed by atoms with Gasteiger partial charge in [0.25, 0.3) is 5.56 Å². The first-order chi connectivity index (χ1) is 13.4. The maximum absolute atomic E-state index is 14.3. The van der Waals surface area contributed by atoms with Crippen LogP contribution in [0.2, 0.25) is 5.02 Å². The van der Waals surface area contributed by atoms with Crippen LogP contribution in [0.25, 0.3) is 22.3 Å². The van der Waals surface area contributed by atoms with Crippen LogP contribution in [-0.4, -0.2) is 21.6 Å². The molecule has 1 aromatic carbocycles. The van der Waals surface area contributed by atoms with E-state index in [-0.39, 0.29) is 17.4 Å². The van der Waals surface area contributed by atoms with Crippen LogP contribution < -0.4 is 10.3 Å². The van der Waals surface area contributed by atoms with Gasteiger partial charge in [0.1, 0.15) is 11.2 Å². The fourth-order valence-electron chi connectivity index (χ4n) is 3.85. The zero-order chi connectivity index (χ0) is 20.0. The van der Waals surface area contributed by atoms with Gasteiger partial charge in [0, 0.05) is 23.9 Å². The number of pyridine rings is 1. The Hall–Kier alpha value is -2.47. The standard InChI is InChI=1S/C21H21ClFN3O2/c1-11-21(27)26(12(2)13-5-4-6-13)17-7-8-24-19(20(17)25-11)14-9-16(23)18(28-3)10-15(14)22/h7-10,12-13H,4-6H2,1-3H3/t12-/m1/s1. The van der Waals surface area contributed by atoms with Crippen molar-refractivity contribution in [2.75, 3.05) is 7.11 Å². The molecule has 28 heavy (non-hydrogen) atoms. The number of ether oxygens (including phenoxy) is 1. The molecule has 4 rings (SSSR count). The van der Waals surface area contributed by atoms with Crippen molar-refractivity contribution >= 4 is 22.6 Å². The summed E-state index contributed by atoms with van der Waals surface area (Å²) in [6, 6.07) is 4.57. The summed E-state index contributed by atoms with van der Waals surface area (Å²) < 4.78 is 21.1. The van der Waals surface area contributed by atoms with Gasteiger partial charge in [0.2, 0.25) is 0 Å². The second-order valence-electron chi connectivity index (χ2n) is 7.30. The molecule has 0 bridgehead atoms. The summed E-state index contributed by atoms with van der Waals surface area (Å²) in [6.07, 6.45) is 5.03. The number of methoxy groups -OCH3 is 1. The molecular formula is C21H21ClFN3O2. The molecule has 2 heterocycles. The lowest BCUT2D eigenvalue weighted by Gasteiger charge is -2.33. The zero-order valence-electron chi connectivity index (χ0n) is 16.0. The number of rotatable bonds is 4. The maximum Gasteiger partial charge on any atom is 0.272 e. The van der Waals surface area contributed by atoms with E-state index in [9.17, 15) is 9.18 Å². The van der Waals surface area contributed by atoms with Gasteiger partial charge in [-0.1, -0.05) is 18.0 Å². The van der Waals surface area contributed by atoms with E-state index in [0.29, 0.717) is 38.9 Å². The van der Waals surface area contributed by atoms with Gasteiger partial charge >= 0.3 is 0 Å². The highest BCUT2D eigenvalue weighted by atomic mass is 35.5. The number of hydrogen-bond donors (Lipinski definition) is 0. The third-order valence-electron chi connectivity index (χ3n) is 5.71. The number of halogens is 2. The summed E-state index contributed by atoms with van der Waals surface area (Å²) in [5.74, 6) is 0.00329. The Morgan fingerprint density at radius 2 is 2.11 bits per heavy atom. The second kappa shape index (κ2) is 7.17. The lowest BCUT2D eigenvalue weighted by Crippen LogP contribution is -2.33. The lowest BCUT2D eigenvalue weighted by molar-refractivity contribution is 0.222. The average Bonchev–Trinajstić information content (AvgIpc) is 2.62. The van der Waals surface area contributed by atoms with Crippen LogP contribution in [0.15, 0.2) is 29.2 Å². The van der Waals surface area contributed by atoms with E-state index in [2.05, 4.69) is 16.9 Å². The number of aromatic nitrogens is 3. The molecule has 5 nitrogen and oxygen atoms in total. The van der Waals surface area contributed by atoms with Gasteiger partial charge in [0.05, 0.1) is 23.3 Å². The van der Waals surface area contributed by atoms with E-state index >= 15 is 0 Å². The van der Waals surface area contributed by atoms with Gasteiger partial charge in [-0.2, -0.15) is 0 Å². The number of nitrogens with zero attached hydrogens (tertiary/aromatic N) is 3. The first-order valence-corrected chi connectivity index (χ1v) is 9.71. The minimum absolute atomic E-state index is 0.0591. The van der Waals surface area contributed by atoms with Crippen molar-refractivity contribution in [2.45, 2.75) is 39.2 Å². The molecule has 1 atom stereocenters. The molecule has 2 aromatic heterocycles. The molecule has 1 fully saturated rings. The summed E-state index contributed by atoms with van der Waals surface area (Å²) in [5, 5.41) is 0.308. The van der Waals surface area contributed by atoms with E-state index in [4.69, 9.17) is 16.3 Å². The van der Waals surface area contributed by atoms with Gasteiger partial charge in [-0.15, -0.1) is 0 Å². The Kier molecular flexibility index (Phi) is 4.83. The molecule has 146 valence electrons. The van der Waals surface area contributed by atoms with Crippen molar-refractivity contribution in [3.8, 4) is 17.0 Å². The van der Waals surface area contributed by atoms with Gasteiger partial charge in [0.15, 0.2) is 11.6 Å². The molecule has 1 aliphatic rings. The number of benzene rings is 1. The molecule has 1 saturated carbocycles. The first-order valence-electron chi connectivity index (χ1n) is 9.33.